The largest absolute Gasteiger partial charge is 0.491 e. The molecular weight excluding hydrogens is 312 g/mol. The highest BCUT2D eigenvalue weighted by Crippen LogP contribution is 2.31. The van der Waals surface area contributed by atoms with Gasteiger partial charge in [0.2, 0.25) is 0 Å². The monoisotopic (exact) mass is 338 g/mol. The van der Waals surface area contributed by atoms with Crippen LogP contribution in [0.3, 0.4) is 0 Å². The summed E-state index contributed by atoms with van der Waals surface area (Å²) in [5.41, 5.74) is 3.43. The molecule has 132 valence electrons. The van der Waals surface area contributed by atoms with Crippen molar-refractivity contribution in [2.45, 2.75) is 39.2 Å². The van der Waals surface area contributed by atoms with Crippen molar-refractivity contribution in [3.05, 3.63) is 59.7 Å². The molecule has 1 N–H and O–H groups in total. The van der Waals surface area contributed by atoms with Crippen molar-refractivity contribution in [1.82, 2.24) is 5.32 Å². The van der Waals surface area contributed by atoms with E-state index < -0.39 is 0 Å². The van der Waals surface area contributed by atoms with Crippen LogP contribution in [-0.4, -0.2) is 25.2 Å². The molecule has 0 radical (unpaired) electrons. The van der Waals surface area contributed by atoms with Crippen molar-refractivity contribution in [3.63, 3.8) is 0 Å². The fourth-order valence-corrected chi connectivity index (χ4v) is 3.37. The summed E-state index contributed by atoms with van der Waals surface area (Å²) in [5, 5.41) is 2.98. The first-order valence-corrected chi connectivity index (χ1v) is 8.94. The molecule has 1 atom stereocenters. The van der Waals surface area contributed by atoms with E-state index in [1.165, 1.54) is 11.1 Å². The first-order valence-electron chi connectivity index (χ1n) is 8.94. The van der Waals surface area contributed by atoms with Gasteiger partial charge in [-0.3, -0.25) is 4.90 Å². The average molecular weight is 338 g/mol. The molecule has 1 unspecified atom stereocenters. The van der Waals surface area contributed by atoms with E-state index in [9.17, 15) is 4.79 Å². The van der Waals surface area contributed by atoms with Crippen LogP contribution in [0, 0.1) is 0 Å². The minimum absolute atomic E-state index is 0.0572. The Morgan fingerprint density at radius 2 is 1.92 bits per heavy atom. The normalized spacial score (nSPS) is 16.0. The number of carbonyl (C=O) groups excluding carboxylic acids is 1. The van der Waals surface area contributed by atoms with Crippen LogP contribution in [-0.2, 0) is 6.42 Å². The maximum absolute atomic E-state index is 12.6. The Morgan fingerprint density at radius 3 is 2.72 bits per heavy atom. The van der Waals surface area contributed by atoms with E-state index in [1.807, 2.05) is 41.3 Å². The van der Waals surface area contributed by atoms with Gasteiger partial charge in [0.25, 0.3) is 0 Å². The third kappa shape index (κ3) is 3.78. The Hall–Kier alpha value is -2.49. The molecule has 1 aliphatic heterocycles. The molecule has 4 nitrogen and oxygen atoms in total. The number of hydrogen-bond donors (Lipinski definition) is 1. The molecule has 1 heterocycles. The Kier molecular flexibility index (Phi) is 5.27. The summed E-state index contributed by atoms with van der Waals surface area (Å²) in [6.07, 6.45) is 0.905. The van der Waals surface area contributed by atoms with Crippen LogP contribution < -0.4 is 15.0 Å². The van der Waals surface area contributed by atoms with Gasteiger partial charge in [-0.05, 0) is 42.5 Å². The van der Waals surface area contributed by atoms with Crippen molar-refractivity contribution in [1.29, 1.82) is 0 Å². The zero-order chi connectivity index (χ0) is 17.8. The highest BCUT2D eigenvalue weighted by Gasteiger charge is 2.30. The van der Waals surface area contributed by atoms with Crippen molar-refractivity contribution in [2.24, 2.45) is 0 Å². The number of urea groups is 1. The number of hydrogen-bond acceptors (Lipinski definition) is 2. The van der Waals surface area contributed by atoms with Crippen LogP contribution in [0.2, 0.25) is 0 Å². The fraction of sp³-hybridized carbons (Fsp3) is 0.381. The lowest BCUT2D eigenvalue weighted by Gasteiger charge is -2.23. The van der Waals surface area contributed by atoms with Crippen LogP contribution in [0.4, 0.5) is 10.5 Å². The first-order chi connectivity index (χ1) is 12.1. The molecule has 3 rings (SSSR count). The molecule has 0 spiro atoms. The summed E-state index contributed by atoms with van der Waals surface area (Å²) in [7, 11) is 0. The second kappa shape index (κ2) is 7.60. The maximum Gasteiger partial charge on any atom is 0.322 e. The Balaban J connectivity index is 1.54. The van der Waals surface area contributed by atoms with Gasteiger partial charge in [0.05, 0.1) is 6.54 Å². The number of para-hydroxylation sites is 2. The molecule has 0 bridgehead atoms. The van der Waals surface area contributed by atoms with Crippen LogP contribution in [0.25, 0.3) is 0 Å². The number of fused-ring (bicyclic) bond motifs is 1. The third-order valence-corrected chi connectivity index (χ3v) is 4.60. The summed E-state index contributed by atoms with van der Waals surface area (Å²) in [6, 6.07) is 16.3. The summed E-state index contributed by atoms with van der Waals surface area (Å²) in [5.74, 6) is 1.30. The number of ether oxygens (including phenoxy) is 1. The molecule has 2 aromatic carbocycles. The number of nitrogens with one attached hydrogen (secondary N) is 1. The predicted molar refractivity (Wildman–Crippen MR) is 102 cm³/mol. The summed E-state index contributed by atoms with van der Waals surface area (Å²) < 4.78 is 5.87. The average Bonchev–Trinajstić information content (AvgIpc) is 2.94. The second-order valence-corrected chi connectivity index (χ2v) is 6.82. The summed E-state index contributed by atoms with van der Waals surface area (Å²) >= 11 is 0. The van der Waals surface area contributed by atoms with Crippen LogP contribution >= 0.6 is 0 Å². The van der Waals surface area contributed by atoms with E-state index in [-0.39, 0.29) is 12.1 Å². The molecule has 2 aromatic rings. The van der Waals surface area contributed by atoms with Gasteiger partial charge in [-0.2, -0.15) is 0 Å². The first kappa shape index (κ1) is 17.3. The molecule has 0 aliphatic carbocycles. The van der Waals surface area contributed by atoms with Gasteiger partial charge >= 0.3 is 6.03 Å². The quantitative estimate of drug-likeness (QED) is 0.824. The number of carbonyl (C=O) groups is 1. The zero-order valence-corrected chi connectivity index (χ0v) is 15.2. The smallest absolute Gasteiger partial charge is 0.322 e. The lowest BCUT2D eigenvalue weighted by molar-refractivity contribution is 0.240. The van der Waals surface area contributed by atoms with Crippen LogP contribution in [0.1, 0.15) is 37.8 Å². The molecule has 2 amide bonds. The Bertz CT molecular complexity index is 742. The SMILES string of the molecule is CC(C)c1ccccc1OCCNC(=O)N1c2ccccc2CC1C. The predicted octanol–water partition coefficient (Wildman–Crippen LogP) is 4.35. The highest BCUT2D eigenvalue weighted by molar-refractivity contribution is 5.94. The van der Waals surface area contributed by atoms with E-state index in [2.05, 4.69) is 38.2 Å². The molecule has 1 aliphatic rings. The fourth-order valence-electron chi connectivity index (χ4n) is 3.37. The molecule has 0 aromatic heterocycles. The minimum atomic E-state index is -0.0572. The van der Waals surface area contributed by atoms with Gasteiger partial charge in [0, 0.05) is 11.7 Å². The van der Waals surface area contributed by atoms with Gasteiger partial charge in [-0.1, -0.05) is 50.2 Å². The number of rotatable bonds is 5. The molecule has 0 fully saturated rings. The van der Waals surface area contributed by atoms with E-state index >= 15 is 0 Å². The highest BCUT2D eigenvalue weighted by atomic mass is 16.5. The van der Waals surface area contributed by atoms with Gasteiger partial charge in [0.15, 0.2) is 0 Å². The maximum atomic E-state index is 12.6. The van der Waals surface area contributed by atoms with Gasteiger partial charge in [0.1, 0.15) is 12.4 Å². The van der Waals surface area contributed by atoms with E-state index in [0.29, 0.717) is 19.1 Å². The lowest BCUT2D eigenvalue weighted by atomic mass is 10.0. The van der Waals surface area contributed by atoms with Crippen LogP contribution in [0.5, 0.6) is 5.75 Å². The molecule has 4 heteroatoms. The Labute approximate surface area is 149 Å². The number of amides is 2. The zero-order valence-electron chi connectivity index (χ0n) is 15.2. The van der Waals surface area contributed by atoms with Crippen LogP contribution in [0.15, 0.2) is 48.5 Å². The molecule has 25 heavy (non-hydrogen) atoms. The third-order valence-electron chi connectivity index (χ3n) is 4.60. The van der Waals surface area contributed by atoms with Crippen molar-refractivity contribution >= 4 is 11.7 Å². The number of anilines is 1. The van der Waals surface area contributed by atoms with Crippen molar-refractivity contribution in [3.8, 4) is 5.75 Å². The summed E-state index contributed by atoms with van der Waals surface area (Å²) in [4.78, 5) is 14.4. The van der Waals surface area contributed by atoms with Gasteiger partial charge < -0.3 is 10.1 Å². The van der Waals surface area contributed by atoms with E-state index in [1.54, 1.807) is 0 Å². The molecule has 0 saturated heterocycles. The van der Waals surface area contributed by atoms with Crippen molar-refractivity contribution in [2.75, 3.05) is 18.1 Å². The molecule has 0 saturated carbocycles. The van der Waals surface area contributed by atoms with Crippen molar-refractivity contribution < 1.29 is 9.53 Å². The topological polar surface area (TPSA) is 41.6 Å². The van der Waals surface area contributed by atoms with Gasteiger partial charge in [-0.25, -0.2) is 4.79 Å². The lowest BCUT2D eigenvalue weighted by Crippen LogP contribution is -2.44. The van der Waals surface area contributed by atoms with E-state index in [0.717, 1.165) is 17.9 Å². The second-order valence-electron chi connectivity index (χ2n) is 6.82. The number of nitrogens with zero attached hydrogens (tertiary/aromatic N) is 1. The Morgan fingerprint density at radius 1 is 1.20 bits per heavy atom. The summed E-state index contributed by atoms with van der Waals surface area (Å²) in [6.45, 7) is 7.32. The standard InChI is InChI=1S/C21H26N2O2/c1-15(2)18-9-5-7-11-20(18)25-13-12-22-21(24)23-16(3)14-17-8-4-6-10-19(17)23/h4-11,15-16H,12-14H2,1-3H3,(H,22,24). The number of benzene rings is 2. The van der Waals surface area contributed by atoms with E-state index in [4.69, 9.17) is 4.74 Å². The minimum Gasteiger partial charge on any atom is -0.491 e. The molecular formula is C21H26N2O2. The van der Waals surface area contributed by atoms with Gasteiger partial charge in [-0.15, -0.1) is 0 Å².